The van der Waals surface area contributed by atoms with Crippen molar-refractivity contribution in [1.29, 1.82) is 0 Å². The minimum atomic E-state index is 0.162. The quantitative estimate of drug-likeness (QED) is 0.644. The lowest BCUT2D eigenvalue weighted by Crippen LogP contribution is -2.39. The fourth-order valence-corrected chi connectivity index (χ4v) is 1.79. The number of nitrogens with one attached hydrogen (secondary N) is 2. The van der Waals surface area contributed by atoms with Gasteiger partial charge in [0.25, 0.3) is 0 Å². The summed E-state index contributed by atoms with van der Waals surface area (Å²) in [5, 5.41) is 6.33. The molecule has 0 aromatic rings. The van der Waals surface area contributed by atoms with E-state index in [1.165, 1.54) is 38.5 Å². The van der Waals surface area contributed by atoms with Crippen molar-refractivity contribution in [3.05, 3.63) is 0 Å². The Morgan fingerprint density at radius 3 is 2.33 bits per heavy atom. The summed E-state index contributed by atoms with van der Waals surface area (Å²) in [5.41, 5.74) is 0. The second kappa shape index (κ2) is 6.83. The van der Waals surface area contributed by atoms with Gasteiger partial charge in [0.15, 0.2) is 0 Å². The van der Waals surface area contributed by atoms with Crippen molar-refractivity contribution in [2.45, 2.75) is 64.5 Å². The molecule has 0 atom stereocenters. The molecule has 0 aliphatic heterocycles. The summed E-state index contributed by atoms with van der Waals surface area (Å²) in [6.45, 7) is 4.87. The van der Waals surface area contributed by atoms with Crippen molar-refractivity contribution in [3.63, 3.8) is 0 Å². The van der Waals surface area contributed by atoms with Crippen LogP contribution in [-0.2, 0) is 4.79 Å². The second-order valence-electron chi connectivity index (χ2n) is 4.50. The average Bonchev–Trinajstić information content (AvgIpc) is 2.99. The highest BCUT2D eigenvalue weighted by Crippen LogP contribution is 2.18. The number of amides is 1. The van der Waals surface area contributed by atoms with Crippen LogP contribution in [0.5, 0.6) is 0 Å². The zero-order valence-electron chi connectivity index (χ0n) is 10.0. The predicted octanol–water partition coefficient (Wildman–Crippen LogP) is 1.82. The molecule has 1 aliphatic carbocycles. The molecule has 1 amide bonds. The lowest BCUT2D eigenvalue weighted by Gasteiger charge is -2.16. The standard InChI is InChI=1S/C12H24N2O/c1-3-5-10(6-4-2)13-9-12(15)14-11-7-8-11/h10-11,13H,3-9H2,1-2H3,(H,14,15). The van der Waals surface area contributed by atoms with Gasteiger partial charge >= 0.3 is 0 Å². The van der Waals surface area contributed by atoms with Crippen molar-refractivity contribution in [2.24, 2.45) is 0 Å². The number of carbonyl (C=O) groups is 1. The molecule has 0 radical (unpaired) electrons. The molecule has 0 unspecified atom stereocenters. The first-order chi connectivity index (χ1) is 7.26. The highest BCUT2D eigenvalue weighted by molar-refractivity contribution is 5.78. The van der Waals surface area contributed by atoms with E-state index >= 15 is 0 Å². The second-order valence-corrected chi connectivity index (χ2v) is 4.50. The topological polar surface area (TPSA) is 41.1 Å². The van der Waals surface area contributed by atoms with Gasteiger partial charge in [0.2, 0.25) is 5.91 Å². The van der Waals surface area contributed by atoms with E-state index in [1.54, 1.807) is 0 Å². The predicted molar refractivity (Wildman–Crippen MR) is 62.8 cm³/mol. The summed E-state index contributed by atoms with van der Waals surface area (Å²) in [5.74, 6) is 0.162. The SMILES string of the molecule is CCCC(CCC)NCC(=O)NC1CC1. The molecule has 0 spiro atoms. The Morgan fingerprint density at radius 1 is 1.27 bits per heavy atom. The average molecular weight is 212 g/mol. The first kappa shape index (κ1) is 12.5. The molecule has 0 bridgehead atoms. The van der Waals surface area contributed by atoms with Gasteiger partial charge in [-0.2, -0.15) is 0 Å². The Hall–Kier alpha value is -0.570. The molecular formula is C12H24N2O. The van der Waals surface area contributed by atoms with E-state index in [2.05, 4.69) is 24.5 Å². The summed E-state index contributed by atoms with van der Waals surface area (Å²) >= 11 is 0. The van der Waals surface area contributed by atoms with Crippen LogP contribution >= 0.6 is 0 Å². The molecule has 88 valence electrons. The van der Waals surface area contributed by atoms with Gasteiger partial charge in [0, 0.05) is 12.1 Å². The molecule has 1 rings (SSSR count). The molecule has 3 heteroatoms. The first-order valence-electron chi connectivity index (χ1n) is 6.29. The van der Waals surface area contributed by atoms with Crippen molar-refractivity contribution in [2.75, 3.05) is 6.54 Å². The third-order valence-corrected chi connectivity index (χ3v) is 2.77. The van der Waals surface area contributed by atoms with Crippen molar-refractivity contribution in [1.82, 2.24) is 10.6 Å². The van der Waals surface area contributed by atoms with Gasteiger partial charge < -0.3 is 10.6 Å². The molecule has 0 aromatic heterocycles. The molecule has 0 aromatic carbocycles. The van der Waals surface area contributed by atoms with Gasteiger partial charge in [-0.25, -0.2) is 0 Å². The maximum Gasteiger partial charge on any atom is 0.234 e. The summed E-state index contributed by atoms with van der Waals surface area (Å²) in [6, 6.07) is 1.00. The van der Waals surface area contributed by atoms with Crippen molar-refractivity contribution < 1.29 is 4.79 Å². The smallest absolute Gasteiger partial charge is 0.234 e. The fraction of sp³-hybridized carbons (Fsp3) is 0.917. The van der Waals surface area contributed by atoms with Gasteiger partial charge in [0.05, 0.1) is 6.54 Å². The molecule has 1 fully saturated rings. The molecule has 0 heterocycles. The first-order valence-corrected chi connectivity index (χ1v) is 6.29. The monoisotopic (exact) mass is 212 g/mol. The number of carbonyl (C=O) groups excluding carboxylic acids is 1. The van der Waals surface area contributed by atoms with Gasteiger partial charge in [-0.15, -0.1) is 0 Å². The van der Waals surface area contributed by atoms with E-state index in [0.717, 1.165) is 0 Å². The van der Waals surface area contributed by atoms with Crippen LogP contribution in [0.25, 0.3) is 0 Å². The summed E-state index contributed by atoms with van der Waals surface area (Å²) in [4.78, 5) is 11.4. The summed E-state index contributed by atoms with van der Waals surface area (Å²) in [6.07, 6.45) is 7.04. The maximum atomic E-state index is 11.4. The van der Waals surface area contributed by atoms with Gasteiger partial charge in [0.1, 0.15) is 0 Å². The van der Waals surface area contributed by atoms with E-state index in [9.17, 15) is 4.79 Å². The van der Waals surface area contributed by atoms with Crippen LogP contribution in [0, 0.1) is 0 Å². The third kappa shape index (κ3) is 5.78. The maximum absolute atomic E-state index is 11.4. The molecule has 1 aliphatic rings. The Kier molecular flexibility index (Phi) is 5.69. The number of rotatable bonds is 8. The van der Waals surface area contributed by atoms with Crippen molar-refractivity contribution >= 4 is 5.91 Å². The lowest BCUT2D eigenvalue weighted by atomic mass is 10.1. The van der Waals surface area contributed by atoms with E-state index in [4.69, 9.17) is 0 Å². The molecule has 2 N–H and O–H groups in total. The summed E-state index contributed by atoms with van der Waals surface area (Å²) in [7, 11) is 0. The van der Waals surface area contributed by atoms with Crippen LogP contribution in [0.2, 0.25) is 0 Å². The highest BCUT2D eigenvalue weighted by atomic mass is 16.2. The molecule has 0 saturated heterocycles. The number of hydrogen-bond acceptors (Lipinski definition) is 2. The highest BCUT2D eigenvalue weighted by Gasteiger charge is 2.23. The van der Waals surface area contributed by atoms with Gasteiger partial charge in [-0.1, -0.05) is 26.7 Å². The van der Waals surface area contributed by atoms with Crippen LogP contribution in [0.4, 0.5) is 0 Å². The third-order valence-electron chi connectivity index (χ3n) is 2.77. The van der Waals surface area contributed by atoms with E-state index in [-0.39, 0.29) is 5.91 Å². The molecule has 3 nitrogen and oxygen atoms in total. The summed E-state index contributed by atoms with van der Waals surface area (Å²) < 4.78 is 0. The van der Waals surface area contributed by atoms with E-state index < -0.39 is 0 Å². The Morgan fingerprint density at radius 2 is 1.87 bits per heavy atom. The molecule has 15 heavy (non-hydrogen) atoms. The lowest BCUT2D eigenvalue weighted by molar-refractivity contribution is -0.120. The zero-order chi connectivity index (χ0) is 11.1. The van der Waals surface area contributed by atoms with Crippen LogP contribution < -0.4 is 10.6 Å². The Bertz CT molecular complexity index is 184. The molecule has 1 saturated carbocycles. The van der Waals surface area contributed by atoms with Gasteiger partial charge in [-0.3, -0.25) is 4.79 Å². The number of hydrogen-bond donors (Lipinski definition) is 2. The van der Waals surface area contributed by atoms with E-state index in [0.29, 0.717) is 18.6 Å². The zero-order valence-corrected chi connectivity index (χ0v) is 10.0. The largest absolute Gasteiger partial charge is 0.352 e. The Labute approximate surface area is 93.0 Å². The minimum Gasteiger partial charge on any atom is -0.352 e. The van der Waals surface area contributed by atoms with Crippen LogP contribution in [0.15, 0.2) is 0 Å². The minimum absolute atomic E-state index is 0.162. The fourth-order valence-electron chi connectivity index (χ4n) is 1.79. The molecular weight excluding hydrogens is 188 g/mol. The normalized spacial score (nSPS) is 15.7. The van der Waals surface area contributed by atoms with Crippen molar-refractivity contribution in [3.8, 4) is 0 Å². The van der Waals surface area contributed by atoms with Crippen LogP contribution in [-0.4, -0.2) is 24.5 Å². The Balaban J connectivity index is 2.10. The van der Waals surface area contributed by atoms with Gasteiger partial charge in [-0.05, 0) is 25.7 Å². The van der Waals surface area contributed by atoms with E-state index in [1.807, 2.05) is 0 Å². The van der Waals surface area contributed by atoms with Crippen LogP contribution in [0.3, 0.4) is 0 Å². The van der Waals surface area contributed by atoms with Crippen LogP contribution in [0.1, 0.15) is 52.4 Å².